The topological polar surface area (TPSA) is 59.2 Å². The van der Waals surface area contributed by atoms with Crippen molar-refractivity contribution < 1.29 is 22.5 Å². The van der Waals surface area contributed by atoms with Crippen LogP contribution in [0.4, 0.5) is 13.2 Å². The molecule has 0 aliphatic carbocycles. The van der Waals surface area contributed by atoms with Crippen LogP contribution >= 0.6 is 0 Å². The van der Waals surface area contributed by atoms with Gasteiger partial charge in [-0.25, -0.2) is 0 Å². The summed E-state index contributed by atoms with van der Waals surface area (Å²) in [6, 6.07) is 14.4. The molecule has 1 aliphatic rings. The van der Waals surface area contributed by atoms with Crippen molar-refractivity contribution in [2.75, 3.05) is 13.1 Å². The number of rotatable bonds is 5. The van der Waals surface area contributed by atoms with Gasteiger partial charge in [-0.3, -0.25) is 4.79 Å². The van der Waals surface area contributed by atoms with E-state index in [1.807, 2.05) is 37.3 Å². The Morgan fingerprint density at radius 3 is 2.57 bits per heavy atom. The summed E-state index contributed by atoms with van der Waals surface area (Å²) in [5.41, 5.74) is 0.457. The predicted molar refractivity (Wildman–Crippen MR) is 104 cm³/mol. The van der Waals surface area contributed by atoms with Crippen LogP contribution in [0, 0.1) is 0 Å². The molecule has 2 aromatic carbocycles. The van der Waals surface area contributed by atoms with Crippen molar-refractivity contribution in [3.63, 3.8) is 0 Å². The fourth-order valence-corrected chi connectivity index (χ4v) is 3.63. The summed E-state index contributed by atoms with van der Waals surface area (Å²) in [7, 11) is 0. The molecule has 156 valence electrons. The van der Waals surface area contributed by atoms with Gasteiger partial charge in [0.2, 0.25) is 17.6 Å². The summed E-state index contributed by atoms with van der Waals surface area (Å²) in [5, 5.41) is 3.82. The van der Waals surface area contributed by atoms with Gasteiger partial charge < -0.3 is 9.42 Å². The van der Waals surface area contributed by atoms with E-state index in [0.29, 0.717) is 25.4 Å². The fourth-order valence-electron chi connectivity index (χ4n) is 3.63. The highest BCUT2D eigenvalue weighted by molar-refractivity contribution is 5.84. The highest BCUT2D eigenvalue weighted by atomic mass is 19.4. The van der Waals surface area contributed by atoms with Gasteiger partial charge in [0.25, 0.3) is 0 Å². The normalized spacial score (nSPS) is 15.7. The molecule has 1 aromatic heterocycles. The average molecular weight is 415 g/mol. The van der Waals surface area contributed by atoms with Crippen LogP contribution in [0.5, 0.6) is 0 Å². The molecule has 3 aromatic rings. The monoisotopic (exact) mass is 415 g/mol. The Kier molecular flexibility index (Phi) is 5.32. The maximum Gasteiger partial charge on any atom is 0.416 e. The molecule has 8 heteroatoms. The summed E-state index contributed by atoms with van der Waals surface area (Å²) in [6.07, 6.45) is -3.74. The summed E-state index contributed by atoms with van der Waals surface area (Å²) < 4.78 is 44.0. The minimum atomic E-state index is -4.44. The molecule has 1 amide bonds. The molecule has 2 heterocycles. The molecular formula is C22H20F3N3O2. The van der Waals surface area contributed by atoms with Crippen molar-refractivity contribution in [1.29, 1.82) is 0 Å². The average Bonchev–Trinajstić information content (AvgIpc) is 3.17. The van der Waals surface area contributed by atoms with Crippen LogP contribution in [0.25, 0.3) is 11.4 Å². The zero-order valence-corrected chi connectivity index (χ0v) is 16.3. The van der Waals surface area contributed by atoms with Gasteiger partial charge in [-0.15, -0.1) is 0 Å². The maximum absolute atomic E-state index is 12.9. The lowest BCUT2D eigenvalue weighted by atomic mass is 9.91. The number of nitrogens with zero attached hydrogens (tertiary/aromatic N) is 3. The first kappa shape index (κ1) is 20.1. The van der Waals surface area contributed by atoms with E-state index in [2.05, 4.69) is 10.1 Å². The zero-order valence-electron chi connectivity index (χ0n) is 16.3. The van der Waals surface area contributed by atoms with Crippen LogP contribution in [0.1, 0.15) is 42.2 Å². The molecule has 1 atom stereocenters. The molecule has 0 radical (unpaired) electrons. The van der Waals surface area contributed by atoms with Gasteiger partial charge >= 0.3 is 6.18 Å². The fraction of sp³-hybridized carbons (Fsp3) is 0.318. The second-order valence-electron chi connectivity index (χ2n) is 7.35. The van der Waals surface area contributed by atoms with Crippen molar-refractivity contribution in [3.8, 4) is 11.4 Å². The van der Waals surface area contributed by atoms with E-state index in [1.165, 1.54) is 12.1 Å². The number of aromatic nitrogens is 2. The predicted octanol–water partition coefficient (Wildman–Crippen LogP) is 4.88. The first-order chi connectivity index (χ1) is 14.4. The molecular weight excluding hydrogens is 395 g/mol. The molecule has 0 spiro atoms. The van der Waals surface area contributed by atoms with Crippen molar-refractivity contribution >= 4 is 5.91 Å². The van der Waals surface area contributed by atoms with Gasteiger partial charge in [0, 0.05) is 18.7 Å². The van der Waals surface area contributed by atoms with Crippen LogP contribution < -0.4 is 0 Å². The molecule has 0 unspecified atom stereocenters. The largest absolute Gasteiger partial charge is 0.416 e. The Balaban J connectivity index is 1.43. The lowest BCUT2D eigenvalue weighted by molar-refractivity contribution is -0.138. The second kappa shape index (κ2) is 7.93. The number of amides is 1. The van der Waals surface area contributed by atoms with Crippen molar-refractivity contribution in [2.24, 2.45) is 0 Å². The smallest absolute Gasteiger partial charge is 0.340 e. The van der Waals surface area contributed by atoms with Gasteiger partial charge in [0.1, 0.15) is 0 Å². The Hall–Kier alpha value is -3.16. The Labute approximate surface area is 171 Å². The first-order valence-electron chi connectivity index (χ1n) is 9.71. The van der Waals surface area contributed by atoms with Gasteiger partial charge in [-0.05, 0) is 24.1 Å². The summed E-state index contributed by atoms with van der Waals surface area (Å²) in [5.74, 6) is 0.179. The lowest BCUT2D eigenvalue weighted by Gasteiger charge is -2.39. The zero-order chi connectivity index (χ0) is 21.3. The number of likely N-dealkylation sites (tertiary alicyclic amines) is 1. The molecule has 1 fully saturated rings. The molecule has 30 heavy (non-hydrogen) atoms. The SMILES string of the molecule is CC[C@@H](C(=O)N1CC(c2nc(-c3cccc(C(F)(F)F)c3)no2)C1)c1ccccc1. The molecule has 0 bridgehead atoms. The van der Waals surface area contributed by atoms with Gasteiger partial charge in [-0.1, -0.05) is 54.5 Å². The van der Waals surface area contributed by atoms with Crippen LogP contribution in [-0.4, -0.2) is 34.0 Å². The van der Waals surface area contributed by atoms with E-state index >= 15 is 0 Å². The van der Waals surface area contributed by atoms with Crippen LogP contribution in [0.15, 0.2) is 59.1 Å². The van der Waals surface area contributed by atoms with E-state index in [9.17, 15) is 18.0 Å². The van der Waals surface area contributed by atoms with Crippen LogP contribution in [0.2, 0.25) is 0 Å². The number of halogens is 3. The standard InChI is InChI=1S/C22H20F3N3O2/c1-2-18(14-7-4-3-5-8-14)21(29)28-12-16(13-28)20-26-19(27-30-20)15-9-6-10-17(11-15)22(23,24)25/h3-11,16,18H,2,12-13H2,1H3/t18-/m1/s1. The van der Waals surface area contributed by atoms with Crippen molar-refractivity contribution in [1.82, 2.24) is 15.0 Å². The molecule has 4 rings (SSSR count). The van der Waals surface area contributed by atoms with E-state index in [-0.39, 0.29) is 29.1 Å². The van der Waals surface area contributed by atoms with Gasteiger partial charge in [-0.2, -0.15) is 18.2 Å². The minimum absolute atomic E-state index is 0.0533. The van der Waals surface area contributed by atoms with Crippen molar-refractivity contribution in [2.45, 2.75) is 31.4 Å². The quantitative estimate of drug-likeness (QED) is 0.596. The van der Waals surface area contributed by atoms with Crippen LogP contribution in [0.3, 0.4) is 0 Å². The van der Waals surface area contributed by atoms with Crippen molar-refractivity contribution in [3.05, 3.63) is 71.6 Å². The Morgan fingerprint density at radius 2 is 1.90 bits per heavy atom. The Bertz CT molecular complexity index is 1030. The third-order valence-electron chi connectivity index (χ3n) is 5.34. The number of carbonyl (C=O) groups excluding carboxylic acids is 1. The van der Waals surface area contributed by atoms with Gasteiger partial charge in [0.05, 0.1) is 17.4 Å². The second-order valence-corrected chi connectivity index (χ2v) is 7.35. The number of benzene rings is 2. The number of hydrogen-bond donors (Lipinski definition) is 0. The van der Waals surface area contributed by atoms with E-state index < -0.39 is 11.7 Å². The highest BCUT2D eigenvalue weighted by Crippen LogP contribution is 2.34. The molecule has 1 aliphatic heterocycles. The number of hydrogen-bond acceptors (Lipinski definition) is 4. The molecule has 0 saturated carbocycles. The third-order valence-corrected chi connectivity index (χ3v) is 5.34. The highest BCUT2D eigenvalue weighted by Gasteiger charge is 2.38. The van der Waals surface area contributed by atoms with Gasteiger partial charge in [0.15, 0.2) is 0 Å². The third kappa shape index (κ3) is 3.94. The first-order valence-corrected chi connectivity index (χ1v) is 9.71. The molecule has 1 saturated heterocycles. The number of carbonyl (C=O) groups is 1. The minimum Gasteiger partial charge on any atom is -0.340 e. The Morgan fingerprint density at radius 1 is 1.17 bits per heavy atom. The van der Waals surface area contributed by atoms with Crippen LogP contribution in [-0.2, 0) is 11.0 Å². The summed E-state index contributed by atoms with van der Waals surface area (Å²) in [4.78, 5) is 18.9. The summed E-state index contributed by atoms with van der Waals surface area (Å²) >= 11 is 0. The number of alkyl halides is 3. The summed E-state index contributed by atoms with van der Waals surface area (Å²) in [6.45, 7) is 2.88. The van der Waals surface area contributed by atoms with E-state index in [0.717, 1.165) is 17.7 Å². The van der Waals surface area contributed by atoms with E-state index in [4.69, 9.17) is 4.52 Å². The molecule has 0 N–H and O–H groups in total. The maximum atomic E-state index is 12.9. The lowest BCUT2D eigenvalue weighted by Crippen LogP contribution is -2.50. The molecule has 5 nitrogen and oxygen atoms in total. The van der Waals surface area contributed by atoms with E-state index in [1.54, 1.807) is 4.90 Å².